The summed E-state index contributed by atoms with van der Waals surface area (Å²) in [5, 5.41) is 11.6. The van der Waals surface area contributed by atoms with Crippen molar-refractivity contribution in [3.63, 3.8) is 0 Å². The van der Waals surface area contributed by atoms with Crippen LogP contribution in [-0.4, -0.2) is 17.4 Å². The fourth-order valence-corrected chi connectivity index (χ4v) is 5.39. The molecule has 3 aromatic rings. The molecular weight excluding hydrogens is 414 g/mol. The molecule has 1 N–H and O–H groups in total. The summed E-state index contributed by atoms with van der Waals surface area (Å²) >= 11 is 0. The minimum absolute atomic E-state index is 0.325. The fraction of sp³-hybridized carbons (Fsp3) is 0.406. The molecule has 3 aromatic carbocycles. The highest BCUT2D eigenvalue weighted by Crippen LogP contribution is 2.42. The van der Waals surface area contributed by atoms with Crippen molar-refractivity contribution < 1.29 is 5.11 Å². The van der Waals surface area contributed by atoms with Gasteiger partial charge in [-0.05, 0) is 53.7 Å². The van der Waals surface area contributed by atoms with Crippen LogP contribution >= 0.6 is 0 Å². The summed E-state index contributed by atoms with van der Waals surface area (Å²) in [5.74, 6) is 1.10. The van der Waals surface area contributed by atoms with Gasteiger partial charge in [-0.2, -0.15) is 0 Å². The molecule has 0 heterocycles. The minimum atomic E-state index is -0.325. The molecule has 1 aliphatic carbocycles. The maximum atomic E-state index is 11.6. The van der Waals surface area contributed by atoms with Crippen molar-refractivity contribution in [1.29, 1.82) is 0 Å². The molecule has 4 rings (SSSR count). The first-order valence-electron chi connectivity index (χ1n) is 12.7. The number of phenolic OH excluding ortho intramolecular Hbond substituents is 1. The second-order valence-corrected chi connectivity index (χ2v) is 11.4. The van der Waals surface area contributed by atoms with E-state index in [2.05, 4.69) is 83.1 Å². The Balaban J connectivity index is 1.71. The second-order valence-electron chi connectivity index (χ2n) is 11.4. The molecule has 0 aliphatic heterocycles. The zero-order valence-corrected chi connectivity index (χ0v) is 21.4. The maximum Gasteiger partial charge on any atom is 0.129 e. The molecule has 0 atom stereocenters. The van der Waals surface area contributed by atoms with Crippen LogP contribution in [0.25, 0.3) is 11.1 Å². The first-order valence-corrected chi connectivity index (χ1v) is 12.7. The quantitative estimate of drug-likeness (QED) is 0.386. The lowest BCUT2D eigenvalue weighted by atomic mass is 9.71. The van der Waals surface area contributed by atoms with Gasteiger partial charge in [-0.3, -0.25) is 4.99 Å². The van der Waals surface area contributed by atoms with Crippen LogP contribution in [0.15, 0.2) is 77.8 Å². The number of nitrogens with zero attached hydrogens (tertiary/aromatic N) is 1. The number of aromatic hydroxyl groups is 1. The van der Waals surface area contributed by atoms with Crippen LogP contribution in [0.3, 0.4) is 0 Å². The summed E-state index contributed by atoms with van der Waals surface area (Å²) in [7, 11) is 0. The summed E-state index contributed by atoms with van der Waals surface area (Å²) in [6.07, 6.45) is 6.64. The van der Waals surface area contributed by atoms with E-state index in [1.807, 2.05) is 30.5 Å². The molecule has 1 saturated carbocycles. The molecule has 0 unspecified atom stereocenters. The van der Waals surface area contributed by atoms with E-state index < -0.39 is 0 Å². The smallest absolute Gasteiger partial charge is 0.129 e. The molecule has 1 fully saturated rings. The number of hydrogen-bond donors (Lipinski definition) is 1. The van der Waals surface area contributed by atoms with Gasteiger partial charge in [-0.15, -0.1) is 0 Å². The number of aliphatic imine (C=N–C) groups is 1. The molecule has 0 spiro atoms. The van der Waals surface area contributed by atoms with E-state index in [4.69, 9.17) is 4.99 Å². The van der Waals surface area contributed by atoms with Gasteiger partial charge in [0.25, 0.3) is 0 Å². The number of phenols is 1. The summed E-state index contributed by atoms with van der Waals surface area (Å²) in [4.78, 5) is 5.03. The molecule has 0 bridgehead atoms. The van der Waals surface area contributed by atoms with E-state index in [1.54, 1.807) is 0 Å². The van der Waals surface area contributed by atoms with Gasteiger partial charge in [0.1, 0.15) is 5.75 Å². The highest BCUT2D eigenvalue weighted by atomic mass is 16.3. The Bertz CT molecular complexity index is 1110. The summed E-state index contributed by atoms with van der Waals surface area (Å²) in [5.41, 5.74) is 5.10. The SMILES string of the molecule is CC(C)(c1ccccc1)c1ccc(-c2ccccc2)c(C=NC2CCC(C(C)(C)C)CC2)c1O. The molecule has 178 valence electrons. The lowest BCUT2D eigenvalue weighted by Crippen LogP contribution is -2.27. The molecular formula is C32H39NO. The van der Waals surface area contributed by atoms with Gasteiger partial charge in [0.2, 0.25) is 0 Å². The largest absolute Gasteiger partial charge is 0.507 e. The molecule has 1 aliphatic rings. The van der Waals surface area contributed by atoms with Crippen molar-refractivity contribution in [3.8, 4) is 16.9 Å². The summed E-state index contributed by atoms with van der Waals surface area (Å²) < 4.78 is 0. The predicted octanol–water partition coefficient (Wildman–Crippen LogP) is 8.41. The van der Waals surface area contributed by atoms with Crippen molar-refractivity contribution in [2.24, 2.45) is 16.3 Å². The Morgan fingerprint density at radius 3 is 1.94 bits per heavy atom. The van der Waals surface area contributed by atoms with Crippen LogP contribution in [0.5, 0.6) is 5.75 Å². The Morgan fingerprint density at radius 1 is 0.765 bits per heavy atom. The Labute approximate surface area is 205 Å². The molecule has 0 amide bonds. The number of benzene rings is 3. The normalized spacial score (nSPS) is 19.4. The fourth-order valence-electron chi connectivity index (χ4n) is 5.39. The second kappa shape index (κ2) is 9.78. The van der Waals surface area contributed by atoms with Crippen LogP contribution in [-0.2, 0) is 5.41 Å². The predicted molar refractivity (Wildman–Crippen MR) is 145 cm³/mol. The number of rotatable bonds is 5. The Hall–Kier alpha value is -2.87. The van der Waals surface area contributed by atoms with Crippen LogP contribution in [0.2, 0.25) is 0 Å². The zero-order chi connectivity index (χ0) is 24.3. The third-order valence-electron chi connectivity index (χ3n) is 7.81. The van der Waals surface area contributed by atoms with Crippen molar-refractivity contribution in [2.75, 3.05) is 0 Å². The minimum Gasteiger partial charge on any atom is -0.507 e. The number of hydrogen-bond acceptors (Lipinski definition) is 2. The van der Waals surface area contributed by atoms with Crippen LogP contribution in [0.4, 0.5) is 0 Å². The lowest BCUT2D eigenvalue weighted by Gasteiger charge is -2.35. The zero-order valence-electron chi connectivity index (χ0n) is 21.4. The third-order valence-corrected chi connectivity index (χ3v) is 7.81. The third kappa shape index (κ3) is 5.12. The van der Waals surface area contributed by atoms with E-state index in [0.29, 0.717) is 17.2 Å². The summed E-state index contributed by atoms with van der Waals surface area (Å²) in [6.45, 7) is 11.4. The van der Waals surface area contributed by atoms with Crippen LogP contribution in [0.1, 0.15) is 77.0 Å². The molecule has 0 radical (unpaired) electrons. The van der Waals surface area contributed by atoms with Gasteiger partial charge < -0.3 is 5.11 Å². The van der Waals surface area contributed by atoms with E-state index >= 15 is 0 Å². The standard InChI is InChI=1S/C32H39NO/c1-31(2,3)24-16-18-26(19-17-24)33-22-28-27(23-12-8-6-9-13-23)20-21-29(30(28)34)32(4,5)25-14-10-7-11-15-25/h6-15,20-22,24,26,34H,16-19H2,1-5H3. The van der Waals surface area contributed by atoms with Crippen molar-refractivity contribution in [1.82, 2.24) is 0 Å². The first kappa shape index (κ1) is 24.3. The molecule has 2 heteroatoms. The average molecular weight is 454 g/mol. The molecule has 0 saturated heterocycles. The van der Waals surface area contributed by atoms with E-state index in [0.717, 1.165) is 41.0 Å². The van der Waals surface area contributed by atoms with Gasteiger partial charge in [0, 0.05) is 28.8 Å². The Morgan fingerprint density at radius 2 is 1.35 bits per heavy atom. The van der Waals surface area contributed by atoms with Crippen molar-refractivity contribution >= 4 is 6.21 Å². The van der Waals surface area contributed by atoms with Gasteiger partial charge in [-0.25, -0.2) is 0 Å². The van der Waals surface area contributed by atoms with E-state index in [-0.39, 0.29) is 5.41 Å². The summed E-state index contributed by atoms with van der Waals surface area (Å²) in [6, 6.07) is 25.3. The van der Waals surface area contributed by atoms with Crippen molar-refractivity contribution in [2.45, 2.75) is 71.8 Å². The van der Waals surface area contributed by atoms with Crippen molar-refractivity contribution in [3.05, 3.63) is 89.5 Å². The first-order chi connectivity index (χ1) is 16.2. The highest BCUT2D eigenvalue weighted by Gasteiger charge is 2.30. The molecule has 2 nitrogen and oxygen atoms in total. The van der Waals surface area contributed by atoms with E-state index in [9.17, 15) is 5.11 Å². The van der Waals surface area contributed by atoms with Crippen LogP contribution in [0, 0.1) is 11.3 Å². The monoisotopic (exact) mass is 453 g/mol. The average Bonchev–Trinajstić information content (AvgIpc) is 2.84. The van der Waals surface area contributed by atoms with Gasteiger partial charge in [-0.1, -0.05) is 107 Å². The topological polar surface area (TPSA) is 32.6 Å². The molecule has 0 aromatic heterocycles. The van der Waals surface area contributed by atoms with Gasteiger partial charge in [0.05, 0.1) is 0 Å². The van der Waals surface area contributed by atoms with Gasteiger partial charge in [0.15, 0.2) is 0 Å². The lowest BCUT2D eigenvalue weighted by molar-refractivity contribution is 0.170. The maximum absolute atomic E-state index is 11.6. The van der Waals surface area contributed by atoms with E-state index in [1.165, 1.54) is 18.4 Å². The van der Waals surface area contributed by atoms with Gasteiger partial charge >= 0.3 is 0 Å². The Kier molecular flexibility index (Phi) is 6.98. The molecule has 34 heavy (non-hydrogen) atoms. The highest BCUT2D eigenvalue weighted by molar-refractivity contribution is 5.94. The van der Waals surface area contributed by atoms with Crippen LogP contribution < -0.4 is 0 Å².